The van der Waals surface area contributed by atoms with Crippen LogP contribution >= 0.6 is 31.9 Å². The highest BCUT2D eigenvalue weighted by atomic mass is 79.9. The van der Waals surface area contributed by atoms with Crippen molar-refractivity contribution in [3.8, 4) is 11.4 Å². The molecule has 186 valence electrons. The van der Waals surface area contributed by atoms with Crippen LogP contribution in [-0.2, 0) is 6.54 Å². The Hall–Kier alpha value is -3.08. The molecular formula is C26H26Br2N6O2. The molecule has 2 aromatic carbocycles. The first-order valence-corrected chi connectivity index (χ1v) is 12.9. The van der Waals surface area contributed by atoms with Gasteiger partial charge >= 0.3 is 0 Å². The molecule has 10 heteroatoms. The van der Waals surface area contributed by atoms with E-state index in [2.05, 4.69) is 47.1 Å². The van der Waals surface area contributed by atoms with E-state index in [1.54, 1.807) is 28.9 Å². The molecule has 2 aromatic heterocycles. The maximum Gasteiger partial charge on any atom is 0.255 e. The van der Waals surface area contributed by atoms with Crippen LogP contribution in [0.5, 0.6) is 0 Å². The van der Waals surface area contributed by atoms with Gasteiger partial charge in [0.15, 0.2) is 0 Å². The first kappa shape index (κ1) is 26.0. The molecule has 36 heavy (non-hydrogen) atoms. The number of rotatable bonds is 8. The smallest absolute Gasteiger partial charge is 0.255 e. The Labute approximate surface area is 226 Å². The fourth-order valence-electron chi connectivity index (χ4n) is 3.79. The molecule has 0 saturated heterocycles. The SMILES string of the molecule is Cc1cc(Br)cc(-n2cc(CN(C)CCN(C)C(=O)c3ccc(=O)n(-c4cccc(Br)c4)c3)nn2)c1. The monoisotopic (exact) mass is 612 g/mol. The van der Waals surface area contributed by atoms with E-state index in [0.717, 1.165) is 25.9 Å². The molecule has 4 rings (SSSR count). The summed E-state index contributed by atoms with van der Waals surface area (Å²) in [4.78, 5) is 29.2. The number of nitrogens with zero attached hydrogens (tertiary/aromatic N) is 6. The van der Waals surface area contributed by atoms with Crippen LogP contribution in [0.25, 0.3) is 11.4 Å². The number of amides is 1. The van der Waals surface area contributed by atoms with Crippen LogP contribution in [0.3, 0.4) is 0 Å². The van der Waals surface area contributed by atoms with Crippen molar-refractivity contribution in [1.82, 2.24) is 29.4 Å². The zero-order valence-electron chi connectivity index (χ0n) is 20.2. The molecule has 0 fully saturated rings. The zero-order valence-corrected chi connectivity index (χ0v) is 23.4. The number of pyridine rings is 1. The predicted octanol–water partition coefficient (Wildman–Crippen LogP) is 4.46. The minimum absolute atomic E-state index is 0.150. The van der Waals surface area contributed by atoms with Gasteiger partial charge in [-0.05, 0) is 62.0 Å². The van der Waals surface area contributed by atoms with E-state index < -0.39 is 0 Å². The van der Waals surface area contributed by atoms with Gasteiger partial charge < -0.3 is 4.90 Å². The third-order valence-corrected chi connectivity index (χ3v) is 6.62. The van der Waals surface area contributed by atoms with Crippen molar-refractivity contribution in [2.24, 2.45) is 0 Å². The minimum Gasteiger partial charge on any atom is -0.340 e. The maximum atomic E-state index is 13.0. The third kappa shape index (κ3) is 6.37. The number of carbonyl (C=O) groups is 1. The molecule has 8 nitrogen and oxygen atoms in total. The summed E-state index contributed by atoms with van der Waals surface area (Å²) >= 11 is 6.95. The first-order valence-electron chi connectivity index (χ1n) is 11.3. The number of aryl methyl sites for hydroxylation is 1. The second kappa shape index (κ2) is 11.3. The molecule has 0 aliphatic rings. The summed E-state index contributed by atoms with van der Waals surface area (Å²) in [6.45, 7) is 3.80. The van der Waals surface area contributed by atoms with E-state index in [9.17, 15) is 9.59 Å². The summed E-state index contributed by atoms with van der Waals surface area (Å²) in [5.74, 6) is -0.150. The normalized spacial score (nSPS) is 11.2. The van der Waals surface area contributed by atoms with Gasteiger partial charge in [-0.3, -0.25) is 19.1 Å². The molecular weight excluding hydrogens is 588 g/mol. The van der Waals surface area contributed by atoms with E-state index in [0.29, 0.717) is 30.9 Å². The Balaban J connectivity index is 1.37. The Kier molecular flexibility index (Phi) is 8.17. The summed E-state index contributed by atoms with van der Waals surface area (Å²) < 4.78 is 5.09. The lowest BCUT2D eigenvalue weighted by Crippen LogP contribution is -2.35. The van der Waals surface area contributed by atoms with Crippen molar-refractivity contribution in [3.63, 3.8) is 0 Å². The third-order valence-electron chi connectivity index (χ3n) is 5.67. The summed E-state index contributed by atoms with van der Waals surface area (Å²) in [7, 11) is 3.74. The lowest BCUT2D eigenvalue weighted by molar-refractivity contribution is 0.0781. The highest BCUT2D eigenvalue weighted by Gasteiger charge is 2.15. The lowest BCUT2D eigenvalue weighted by Gasteiger charge is -2.22. The van der Waals surface area contributed by atoms with Crippen molar-refractivity contribution in [3.05, 3.63) is 103 Å². The van der Waals surface area contributed by atoms with Crippen LogP contribution in [0.2, 0.25) is 0 Å². The van der Waals surface area contributed by atoms with Gasteiger partial charge in [0.05, 0.1) is 23.1 Å². The lowest BCUT2D eigenvalue weighted by atomic mass is 10.2. The minimum atomic E-state index is -0.196. The van der Waals surface area contributed by atoms with Crippen LogP contribution in [0.4, 0.5) is 0 Å². The second-order valence-corrected chi connectivity index (χ2v) is 10.5. The summed E-state index contributed by atoms with van der Waals surface area (Å²) in [5.41, 5.74) is 3.86. The Bertz CT molecular complexity index is 1430. The van der Waals surface area contributed by atoms with Gasteiger partial charge in [-0.25, -0.2) is 4.68 Å². The largest absolute Gasteiger partial charge is 0.340 e. The Morgan fingerprint density at radius 3 is 2.47 bits per heavy atom. The molecule has 0 N–H and O–H groups in total. The number of benzene rings is 2. The predicted molar refractivity (Wildman–Crippen MR) is 147 cm³/mol. The van der Waals surface area contributed by atoms with Crippen molar-refractivity contribution in [2.75, 3.05) is 27.2 Å². The van der Waals surface area contributed by atoms with Crippen LogP contribution in [0.15, 0.2) is 80.7 Å². The van der Waals surface area contributed by atoms with E-state index in [1.807, 2.05) is 62.6 Å². The number of likely N-dealkylation sites (N-methyl/N-ethyl adjacent to an activating group) is 2. The number of hydrogen-bond acceptors (Lipinski definition) is 5. The van der Waals surface area contributed by atoms with Crippen LogP contribution in [0, 0.1) is 6.92 Å². The topological polar surface area (TPSA) is 76.3 Å². The zero-order chi connectivity index (χ0) is 25.8. The van der Waals surface area contributed by atoms with Crippen molar-refractivity contribution in [1.29, 1.82) is 0 Å². The van der Waals surface area contributed by atoms with Gasteiger partial charge in [0.25, 0.3) is 11.5 Å². The van der Waals surface area contributed by atoms with E-state index in [-0.39, 0.29) is 11.5 Å². The van der Waals surface area contributed by atoms with Crippen molar-refractivity contribution >= 4 is 37.8 Å². The average Bonchev–Trinajstić information content (AvgIpc) is 3.30. The van der Waals surface area contributed by atoms with E-state index >= 15 is 0 Å². The molecule has 1 amide bonds. The second-order valence-electron chi connectivity index (χ2n) is 8.71. The molecule has 0 unspecified atom stereocenters. The number of carbonyl (C=O) groups excluding carboxylic acids is 1. The van der Waals surface area contributed by atoms with Gasteiger partial charge in [-0.1, -0.05) is 43.1 Å². The maximum absolute atomic E-state index is 13.0. The highest BCUT2D eigenvalue weighted by Crippen LogP contribution is 2.18. The van der Waals surface area contributed by atoms with E-state index in [1.165, 1.54) is 10.6 Å². The average molecular weight is 614 g/mol. The van der Waals surface area contributed by atoms with Gasteiger partial charge in [-0.2, -0.15) is 0 Å². The molecule has 2 heterocycles. The van der Waals surface area contributed by atoms with Crippen LogP contribution < -0.4 is 5.56 Å². The van der Waals surface area contributed by atoms with E-state index in [4.69, 9.17) is 0 Å². The summed E-state index contributed by atoms with van der Waals surface area (Å²) in [5, 5.41) is 8.55. The molecule has 0 atom stereocenters. The molecule has 0 saturated carbocycles. The number of aromatic nitrogens is 4. The van der Waals surface area contributed by atoms with Gasteiger partial charge in [0.2, 0.25) is 0 Å². The fraction of sp³-hybridized carbons (Fsp3) is 0.231. The molecule has 0 aliphatic carbocycles. The molecule has 0 aliphatic heterocycles. The molecule has 0 radical (unpaired) electrons. The number of halogens is 2. The molecule has 0 spiro atoms. The van der Waals surface area contributed by atoms with Gasteiger partial charge in [-0.15, -0.1) is 5.10 Å². The Morgan fingerprint density at radius 1 is 0.944 bits per heavy atom. The van der Waals surface area contributed by atoms with Crippen LogP contribution in [0.1, 0.15) is 21.6 Å². The fourth-order valence-corrected chi connectivity index (χ4v) is 4.77. The van der Waals surface area contributed by atoms with Gasteiger partial charge in [0, 0.05) is 53.6 Å². The Morgan fingerprint density at radius 2 is 1.72 bits per heavy atom. The standard InChI is InChI=1S/C26H26Br2N6O2/c1-18-11-21(28)14-24(12-18)34-17-22(29-30-34)16-31(2)9-10-32(3)26(36)19-7-8-25(35)33(15-19)23-6-4-5-20(27)13-23/h4-8,11-15,17H,9-10,16H2,1-3H3. The molecule has 4 aromatic rings. The summed E-state index contributed by atoms with van der Waals surface area (Å²) in [6, 6.07) is 16.5. The highest BCUT2D eigenvalue weighted by molar-refractivity contribution is 9.10. The van der Waals surface area contributed by atoms with Gasteiger partial charge in [0.1, 0.15) is 0 Å². The first-order chi connectivity index (χ1) is 17.2. The quantitative estimate of drug-likeness (QED) is 0.293. The number of hydrogen-bond donors (Lipinski definition) is 0. The van der Waals surface area contributed by atoms with Crippen molar-refractivity contribution in [2.45, 2.75) is 13.5 Å². The molecule has 0 bridgehead atoms. The van der Waals surface area contributed by atoms with Crippen LogP contribution in [-0.4, -0.2) is 62.5 Å². The summed E-state index contributed by atoms with van der Waals surface area (Å²) in [6.07, 6.45) is 3.51. The van der Waals surface area contributed by atoms with Crippen molar-refractivity contribution < 1.29 is 4.79 Å².